The number of benzene rings is 1. The number of urea groups is 1. The summed E-state index contributed by atoms with van der Waals surface area (Å²) in [5.41, 5.74) is 2.10. The van der Waals surface area contributed by atoms with Gasteiger partial charge in [-0.1, -0.05) is 12.1 Å². The smallest absolute Gasteiger partial charge is 0.319 e. The van der Waals surface area contributed by atoms with E-state index in [-0.39, 0.29) is 24.8 Å². The summed E-state index contributed by atoms with van der Waals surface area (Å²) in [4.78, 5) is 44.2. The van der Waals surface area contributed by atoms with Crippen LogP contribution in [0.15, 0.2) is 42.6 Å². The van der Waals surface area contributed by atoms with E-state index in [0.29, 0.717) is 24.5 Å². The normalized spacial score (nSPS) is 13.5. The molecule has 0 aliphatic carbocycles. The number of carbonyl (C=O) groups is 3. The zero-order valence-corrected chi connectivity index (χ0v) is 17.9. The molecule has 9 nitrogen and oxygen atoms in total. The van der Waals surface area contributed by atoms with E-state index in [1.165, 1.54) is 6.92 Å². The Balaban J connectivity index is 1.40. The van der Waals surface area contributed by atoms with Crippen LogP contribution in [-0.2, 0) is 9.59 Å². The zero-order valence-electron chi connectivity index (χ0n) is 17.9. The lowest BCUT2D eigenvalue weighted by molar-refractivity contribution is -0.131. The Bertz CT molecular complexity index is 926. The summed E-state index contributed by atoms with van der Waals surface area (Å²) in [5, 5.41) is 8.15. The maximum Gasteiger partial charge on any atom is 0.319 e. The Hall–Kier alpha value is -3.62. The second-order valence-electron chi connectivity index (χ2n) is 7.40. The third kappa shape index (κ3) is 6.43. The molecule has 1 aromatic carbocycles. The molecule has 3 rings (SSSR count). The molecule has 4 amide bonds. The number of hydrogen-bond acceptors (Lipinski definition) is 5. The largest absolute Gasteiger partial charge is 0.353 e. The molecule has 1 saturated heterocycles. The van der Waals surface area contributed by atoms with Crippen LogP contribution >= 0.6 is 0 Å². The minimum Gasteiger partial charge on any atom is -0.353 e. The fraction of sp³-hybridized carbons (Fsp3) is 0.364. The van der Waals surface area contributed by atoms with Gasteiger partial charge in [-0.3, -0.25) is 9.59 Å². The van der Waals surface area contributed by atoms with Crippen molar-refractivity contribution in [3.8, 4) is 0 Å². The van der Waals surface area contributed by atoms with E-state index in [1.54, 1.807) is 18.3 Å². The van der Waals surface area contributed by atoms with Crippen LogP contribution in [0.2, 0.25) is 0 Å². The van der Waals surface area contributed by atoms with Gasteiger partial charge in [0.05, 0.1) is 0 Å². The Morgan fingerprint density at radius 3 is 2.48 bits per heavy atom. The molecule has 1 aliphatic rings. The Morgan fingerprint density at radius 1 is 1.03 bits per heavy atom. The van der Waals surface area contributed by atoms with Crippen LogP contribution in [0.3, 0.4) is 0 Å². The maximum absolute atomic E-state index is 12.4. The van der Waals surface area contributed by atoms with Crippen molar-refractivity contribution in [2.24, 2.45) is 0 Å². The van der Waals surface area contributed by atoms with Gasteiger partial charge < -0.3 is 25.8 Å². The summed E-state index contributed by atoms with van der Waals surface area (Å²) in [6, 6.07) is 10.7. The van der Waals surface area contributed by atoms with Crippen LogP contribution in [0, 0.1) is 6.92 Å². The van der Waals surface area contributed by atoms with Crippen LogP contribution in [0.1, 0.15) is 18.9 Å². The summed E-state index contributed by atoms with van der Waals surface area (Å²) < 4.78 is 0. The van der Waals surface area contributed by atoms with Gasteiger partial charge in [0.15, 0.2) is 0 Å². The summed E-state index contributed by atoms with van der Waals surface area (Å²) in [6.07, 6.45) is 2.00. The number of hydrogen-bond donors (Lipinski definition) is 3. The topological polar surface area (TPSA) is 107 Å². The predicted molar refractivity (Wildman–Crippen MR) is 120 cm³/mol. The van der Waals surface area contributed by atoms with Crippen molar-refractivity contribution in [2.75, 3.05) is 48.3 Å². The van der Waals surface area contributed by atoms with Crippen LogP contribution in [0.5, 0.6) is 0 Å². The van der Waals surface area contributed by atoms with E-state index in [4.69, 9.17) is 0 Å². The molecule has 3 N–H and O–H groups in total. The highest BCUT2D eigenvalue weighted by atomic mass is 16.2. The summed E-state index contributed by atoms with van der Waals surface area (Å²) in [6.45, 7) is 6.30. The van der Waals surface area contributed by atoms with E-state index in [0.717, 1.165) is 24.5 Å². The lowest BCUT2D eigenvalue weighted by Crippen LogP contribution is -2.49. The van der Waals surface area contributed by atoms with Crippen molar-refractivity contribution in [1.82, 2.24) is 15.2 Å². The molecular formula is C22H28N6O3. The van der Waals surface area contributed by atoms with Crippen molar-refractivity contribution >= 4 is 35.0 Å². The average Bonchev–Trinajstić information content (AvgIpc) is 2.76. The van der Waals surface area contributed by atoms with Crippen molar-refractivity contribution < 1.29 is 14.4 Å². The fourth-order valence-electron chi connectivity index (χ4n) is 3.37. The number of aromatic nitrogens is 1. The second kappa shape index (κ2) is 10.4. The molecule has 1 aromatic heterocycles. The Labute approximate surface area is 181 Å². The SMILES string of the molecule is CC(=O)Nc1cc(NC(=O)NCCC(=O)N2CCN(c3ccccn3)CC2)ccc1C. The number of amides is 4. The number of nitrogens with one attached hydrogen (secondary N) is 3. The molecule has 164 valence electrons. The van der Waals surface area contributed by atoms with Crippen molar-refractivity contribution in [1.29, 1.82) is 0 Å². The molecule has 9 heteroatoms. The van der Waals surface area contributed by atoms with Crippen molar-refractivity contribution in [3.05, 3.63) is 48.2 Å². The standard InChI is InChI=1S/C22H28N6O3/c1-16-6-7-18(15-19(16)25-17(2)29)26-22(31)24-10-8-21(30)28-13-11-27(12-14-28)20-5-3-4-9-23-20/h3-7,9,15H,8,10-14H2,1-2H3,(H,25,29)(H2,24,26,31). The van der Waals surface area contributed by atoms with Gasteiger partial charge in [0.1, 0.15) is 5.82 Å². The summed E-state index contributed by atoms with van der Waals surface area (Å²) in [5.74, 6) is 0.763. The van der Waals surface area contributed by atoms with Crippen LogP contribution in [0.25, 0.3) is 0 Å². The number of nitrogens with zero attached hydrogens (tertiary/aromatic N) is 3. The highest BCUT2D eigenvalue weighted by Crippen LogP contribution is 2.20. The molecule has 0 unspecified atom stereocenters. The van der Waals surface area contributed by atoms with Gasteiger partial charge in [-0.2, -0.15) is 0 Å². The summed E-state index contributed by atoms with van der Waals surface area (Å²) >= 11 is 0. The van der Waals surface area contributed by atoms with E-state index >= 15 is 0 Å². The molecule has 0 saturated carbocycles. The van der Waals surface area contributed by atoms with E-state index in [1.807, 2.05) is 36.1 Å². The molecule has 31 heavy (non-hydrogen) atoms. The van der Waals surface area contributed by atoms with Gasteiger partial charge in [0.2, 0.25) is 11.8 Å². The minimum absolute atomic E-state index is 0.0178. The molecule has 2 heterocycles. The molecule has 0 radical (unpaired) electrons. The van der Waals surface area contributed by atoms with Gasteiger partial charge in [0.25, 0.3) is 0 Å². The first-order valence-corrected chi connectivity index (χ1v) is 10.3. The van der Waals surface area contributed by atoms with Gasteiger partial charge >= 0.3 is 6.03 Å². The monoisotopic (exact) mass is 424 g/mol. The molecule has 0 bridgehead atoms. The van der Waals surface area contributed by atoms with Crippen LogP contribution in [0.4, 0.5) is 22.0 Å². The van der Waals surface area contributed by atoms with Crippen molar-refractivity contribution in [3.63, 3.8) is 0 Å². The number of rotatable bonds is 6. The molecule has 2 aromatic rings. The average molecular weight is 425 g/mol. The Kier molecular flexibility index (Phi) is 7.42. The summed E-state index contributed by atoms with van der Waals surface area (Å²) in [7, 11) is 0. The highest BCUT2D eigenvalue weighted by molar-refractivity contribution is 5.93. The van der Waals surface area contributed by atoms with E-state index in [9.17, 15) is 14.4 Å². The minimum atomic E-state index is -0.398. The first kappa shape index (κ1) is 22.1. The van der Waals surface area contributed by atoms with Crippen LogP contribution in [-0.4, -0.2) is 60.5 Å². The number of piperazine rings is 1. The first-order valence-electron chi connectivity index (χ1n) is 10.3. The number of carbonyl (C=O) groups excluding carboxylic acids is 3. The van der Waals surface area contributed by atoms with E-state index < -0.39 is 6.03 Å². The lowest BCUT2D eigenvalue weighted by Gasteiger charge is -2.35. The van der Waals surface area contributed by atoms with Crippen molar-refractivity contribution in [2.45, 2.75) is 20.3 Å². The van der Waals surface area contributed by atoms with Gasteiger partial charge in [0, 0.05) is 63.6 Å². The zero-order chi connectivity index (χ0) is 22.2. The third-order valence-electron chi connectivity index (χ3n) is 5.04. The quantitative estimate of drug-likeness (QED) is 0.659. The molecule has 1 aliphatic heterocycles. The van der Waals surface area contributed by atoms with Gasteiger partial charge in [-0.05, 0) is 36.8 Å². The second-order valence-corrected chi connectivity index (χ2v) is 7.40. The maximum atomic E-state index is 12.4. The number of pyridine rings is 1. The number of anilines is 3. The van der Waals surface area contributed by atoms with Crippen LogP contribution < -0.4 is 20.9 Å². The van der Waals surface area contributed by atoms with Gasteiger partial charge in [-0.15, -0.1) is 0 Å². The first-order chi connectivity index (χ1) is 14.9. The van der Waals surface area contributed by atoms with E-state index in [2.05, 4.69) is 25.8 Å². The molecular weight excluding hydrogens is 396 g/mol. The molecule has 0 spiro atoms. The molecule has 0 atom stereocenters. The Morgan fingerprint density at radius 2 is 1.81 bits per heavy atom. The lowest BCUT2D eigenvalue weighted by atomic mass is 10.2. The van der Waals surface area contributed by atoms with Gasteiger partial charge in [-0.25, -0.2) is 9.78 Å². The third-order valence-corrected chi connectivity index (χ3v) is 5.04. The molecule has 1 fully saturated rings. The fourth-order valence-corrected chi connectivity index (χ4v) is 3.37. The predicted octanol–water partition coefficient (Wildman–Crippen LogP) is 2.21. The number of aryl methyl sites for hydroxylation is 1. The highest BCUT2D eigenvalue weighted by Gasteiger charge is 2.21.